The van der Waals surface area contributed by atoms with Crippen molar-refractivity contribution in [3.8, 4) is 11.5 Å². The molecule has 3 nitrogen and oxygen atoms in total. The fraction of sp³-hybridized carbons (Fsp3) is 0.118. The van der Waals surface area contributed by atoms with E-state index in [1.54, 1.807) is 6.20 Å². The maximum Gasteiger partial charge on any atom is 0.138 e. The van der Waals surface area contributed by atoms with Gasteiger partial charge in [-0.3, -0.25) is 4.98 Å². The van der Waals surface area contributed by atoms with Crippen molar-refractivity contribution in [3.05, 3.63) is 65.3 Å². The molecule has 0 atom stereocenters. The number of aliphatic hydroxyl groups excluding tert-OH is 1. The Morgan fingerprint density at radius 1 is 1.05 bits per heavy atom. The van der Waals surface area contributed by atoms with Crippen LogP contribution in [0.3, 0.4) is 0 Å². The summed E-state index contributed by atoms with van der Waals surface area (Å²) in [4.78, 5) is 4.30. The third-order valence-electron chi connectivity index (χ3n) is 3.24. The molecule has 106 valence electrons. The van der Waals surface area contributed by atoms with Gasteiger partial charge in [0.1, 0.15) is 11.5 Å². The topological polar surface area (TPSA) is 42.4 Å². The van der Waals surface area contributed by atoms with Gasteiger partial charge in [0.25, 0.3) is 0 Å². The third-order valence-corrected chi connectivity index (χ3v) is 3.47. The second kappa shape index (κ2) is 6.12. The van der Waals surface area contributed by atoms with Gasteiger partial charge in [0.2, 0.25) is 0 Å². The second-order valence-electron chi connectivity index (χ2n) is 4.65. The number of aliphatic hydroxyl groups is 1. The first-order valence-corrected chi connectivity index (χ1v) is 7.06. The molecule has 3 rings (SSSR count). The van der Waals surface area contributed by atoms with E-state index >= 15 is 0 Å². The average Bonchev–Trinajstić information content (AvgIpc) is 2.49. The molecule has 21 heavy (non-hydrogen) atoms. The summed E-state index contributed by atoms with van der Waals surface area (Å²) in [5.41, 5.74) is 1.76. The summed E-state index contributed by atoms with van der Waals surface area (Å²) < 4.78 is 6.02. The minimum atomic E-state index is 0.0904. The number of aromatic nitrogens is 1. The molecular weight excluding hydrogens is 286 g/mol. The van der Waals surface area contributed by atoms with Crippen molar-refractivity contribution in [3.63, 3.8) is 0 Å². The molecule has 2 aromatic carbocycles. The molecule has 0 aliphatic carbocycles. The fourth-order valence-corrected chi connectivity index (χ4v) is 2.40. The number of ether oxygens (including phenoxy) is 1. The van der Waals surface area contributed by atoms with E-state index in [-0.39, 0.29) is 6.61 Å². The summed E-state index contributed by atoms with van der Waals surface area (Å²) in [5.74, 6) is 1.47. The molecule has 1 aromatic heterocycles. The van der Waals surface area contributed by atoms with Crippen LogP contribution < -0.4 is 4.74 Å². The molecular formula is C17H14ClNO2. The molecule has 4 heteroatoms. The maximum atomic E-state index is 9.13. The number of pyridine rings is 1. The van der Waals surface area contributed by atoms with Crippen molar-refractivity contribution in [1.82, 2.24) is 4.98 Å². The van der Waals surface area contributed by atoms with E-state index in [2.05, 4.69) is 4.98 Å². The molecule has 0 spiro atoms. The van der Waals surface area contributed by atoms with Gasteiger partial charge in [-0.2, -0.15) is 0 Å². The lowest BCUT2D eigenvalue weighted by Gasteiger charge is -2.12. The lowest BCUT2D eigenvalue weighted by molar-refractivity contribution is 0.298. The van der Waals surface area contributed by atoms with Crippen molar-refractivity contribution < 1.29 is 9.84 Å². The van der Waals surface area contributed by atoms with Crippen LogP contribution in [0.1, 0.15) is 5.56 Å². The van der Waals surface area contributed by atoms with Crippen molar-refractivity contribution >= 4 is 22.5 Å². The highest BCUT2D eigenvalue weighted by Gasteiger charge is 2.08. The maximum absolute atomic E-state index is 9.13. The first-order valence-electron chi connectivity index (χ1n) is 6.69. The normalized spacial score (nSPS) is 10.8. The molecule has 0 amide bonds. The molecule has 3 aromatic rings. The quantitative estimate of drug-likeness (QED) is 0.784. The lowest BCUT2D eigenvalue weighted by Crippen LogP contribution is -1.95. The molecule has 0 bridgehead atoms. The Hall–Kier alpha value is -2.10. The third kappa shape index (κ3) is 2.99. The summed E-state index contributed by atoms with van der Waals surface area (Å²) in [7, 11) is 0. The average molecular weight is 300 g/mol. The van der Waals surface area contributed by atoms with Crippen LogP contribution in [0.4, 0.5) is 0 Å². The molecule has 0 unspecified atom stereocenters. The van der Waals surface area contributed by atoms with Gasteiger partial charge in [0, 0.05) is 23.2 Å². The minimum Gasteiger partial charge on any atom is -0.456 e. The monoisotopic (exact) mass is 299 g/mol. The number of fused-ring (bicyclic) bond motifs is 1. The standard InChI is InChI=1S/C17H14ClNO2/c18-13-5-6-14-15(11-13)19-9-7-17(14)21-16-4-2-1-3-12(16)8-10-20/h1-7,9,11,20H,8,10H2. The molecule has 0 saturated carbocycles. The number of hydrogen-bond donors (Lipinski definition) is 1. The molecule has 0 aliphatic rings. The van der Waals surface area contributed by atoms with Gasteiger partial charge >= 0.3 is 0 Å². The minimum absolute atomic E-state index is 0.0904. The second-order valence-corrected chi connectivity index (χ2v) is 5.09. The fourth-order valence-electron chi connectivity index (χ4n) is 2.23. The largest absolute Gasteiger partial charge is 0.456 e. The molecule has 0 aliphatic heterocycles. The summed E-state index contributed by atoms with van der Waals surface area (Å²) >= 11 is 5.99. The number of benzene rings is 2. The number of hydrogen-bond acceptors (Lipinski definition) is 3. The number of para-hydroxylation sites is 1. The van der Waals surface area contributed by atoms with E-state index in [0.29, 0.717) is 11.4 Å². The lowest BCUT2D eigenvalue weighted by atomic mass is 10.1. The van der Waals surface area contributed by atoms with Crippen LogP contribution in [0.15, 0.2) is 54.7 Å². The first-order chi connectivity index (χ1) is 10.3. The summed E-state index contributed by atoms with van der Waals surface area (Å²) in [5, 5.41) is 10.7. The van der Waals surface area contributed by atoms with E-state index in [1.807, 2.05) is 48.5 Å². The Bertz CT molecular complexity index is 774. The Morgan fingerprint density at radius 3 is 2.76 bits per heavy atom. The zero-order valence-electron chi connectivity index (χ0n) is 11.3. The van der Waals surface area contributed by atoms with E-state index in [0.717, 1.165) is 28.0 Å². The highest BCUT2D eigenvalue weighted by molar-refractivity contribution is 6.31. The van der Waals surface area contributed by atoms with Crippen LogP contribution in [-0.2, 0) is 6.42 Å². The van der Waals surface area contributed by atoms with Crippen molar-refractivity contribution in [1.29, 1.82) is 0 Å². The predicted octanol–water partition coefficient (Wildman–Crippen LogP) is 4.22. The van der Waals surface area contributed by atoms with E-state index < -0.39 is 0 Å². The number of nitrogens with zero attached hydrogens (tertiary/aromatic N) is 1. The SMILES string of the molecule is OCCc1ccccc1Oc1ccnc2cc(Cl)ccc12. The number of halogens is 1. The zero-order valence-corrected chi connectivity index (χ0v) is 12.0. The first kappa shape index (κ1) is 13.9. The predicted molar refractivity (Wildman–Crippen MR) is 84.1 cm³/mol. The van der Waals surface area contributed by atoms with Crippen molar-refractivity contribution in [2.24, 2.45) is 0 Å². The van der Waals surface area contributed by atoms with E-state index in [4.69, 9.17) is 21.4 Å². The summed E-state index contributed by atoms with van der Waals surface area (Å²) in [6, 6.07) is 15.0. The molecule has 0 fully saturated rings. The van der Waals surface area contributed by atoms with Crippen molar-refractivity contribution in [2.45, 2.75) is 6.42 Å². The van der Waals surface area contributed by atoms with Crippen LogP contribution in [0.25, 0.3) is 10.9 Å². The van der Waals surface area contributed by atoms with Crippen LogP contribution in [0, 0.1) is 0 Å². The Balaban J connectivity index is 2.02. The van der Waals surface area contributed by atoms with Crippen LogP contribution in [0.2, 0.25) is 5.02 Å². The smallest absolute Gasteiger partial charge is 0.138 e. The van der Waals surface area contributed by atoms with Crippen LogP contribution >= 0.6 is 11.6 Å². The zero-order chi connectivity index (χ0) is 14.7. The van der Waals surface area contributed by atoms with Gasteiger partial charge in [-0.15, -0.1) is 0 Å². The van der Waals surface area contributed by atoms with Gasteiger partial charge in [-0.05, 0) is 42.3 Å². The molecule has 1 N–H and O–H groups in total. The summed E-state index contributed by atoms with van der Waals surface area (Å²) in [6.07, 6.45) is 2.26. The molecule has 1 heterocycles. The Labute approximate surface area is 127 Å². The summed E-state index contributed by atoms with van der Waals surface area (Å²) in [6.45, 7) is 0.0904. The van der Waals surface area contributed by atoms with Gasteiger partial charge < -0.3 is 9.84 Å². The highest BCUT2D eigenvalue weighted by atomic mass is 35.5. The Morgan fingerprint density at radius 2 is 1.90 bits per heavy atom. The highest BCUT2D eigenvalue weighted by Crippen LogP contribution is 2.31. The Kier molecular flexibility index (Phi) is 4.04. The van der Waals surface area contributed by atoms with Gasteiger partial charge in [0.15, 0.2) is 0 Å². The van der Waals surface area contributed by atoms with Crippen molar-refractivity contribution in [2.75, 3.05) is 6.61 Å². The van der Waals surface area contributed by atoms with Crippen LogP contribution in [0.5, 0.6) is 11.5 Å². The number of rotatable bonds is 4. The molecule has 0 saturated heterocycles. The molecule has 0 radical (unpaired) electrons. The van der Waals surface area contributed by atoms with Crippen LogP contribution in [-0.4, -0.2) is 16.7 Å². The van der Waals surface area contributed by atoms with E-state index in [1.165, 1.54) is 0 Å². The van der Waals surface area contributed by atoms with Gasteiger partial charge in [-0.1, -0.05) is 29.8 Å². The van der Waals surface area contributed by atoms with Gasteiger partial charge in [0.05, 0.1) is 5.52 Å². The van der Waals surface area contributed by atoms with Gasteiger partial charge in [-0.25, -0.2) is 0 Å². The van der Waals surface area contributed by atoms with E-state index in [9.17, 15) is 0 Å².